The van der Waals surface area contributed by atoms with Crippen LogP contribution in [0.1, 0.15) is 39.5 Å². The number of thioether (sulfide) groups is 1. The molecule has 2 heterocycles. The van der Waals surface area contributed by atoms with Crippen LogP contribution in [-0.4, -0.2) is 29.1 Å². The predicted octanol–water partition coefficient (Wildman–Crippen LogP) is 4.98. The minimum atomic E-state index is -0.193. The summed E-state index contributed by atoms with van der Waals surface area (Å²) in [6.07, 6.45) is 0.306. The highest BCUT2D eigenvalue weighted by molar-refractivity contribution is 7.99. The van der Waals surface area contributed by atoms with Gasteiger partial charge in [-0.25, -0.2) is 4.98 Å². The summed E-state index contributed by atoms with van der Waals surface area (Å²) in [5.41, 5.74) is 2.79. The van der Waals surface area contributed by atoms with Gasteiger partial charge in [-0.15, -0.1) is 11.8 Å². The average Bonchev–Trinajstić information content (AvgIpc) is 3.15. The molecule has 1 aliphatic heterocycles. The van der Waals surface area contributed by atoms with Crippen molar-refractivity contribution < 1.29 is 14.0 Å². The number of anilines is 2. The SMILES string of the molecule is CC(C)(C)c1nc2cc(NC(=O)CCC(=O)N3CCSc4ccccc43)ccc2o1. The third kappa shape index (κ3) is 4.36. The van der Waals surface area contributed by atoms with Crippen LogP contribution in [-0.2, 0) is 15.0 Å². The lowest BCUT2D eigenvalue weighted by atomic mass is 9.97. The van der Waals surface area contributed by atoms with Crippen molar-refractivity contribution in [2.45, 2.75) is 43.9 Å². The monoisotopic (exact) mass is 423 g/mol. The van der Waals surface area contributed by atoms with Gasteiger partial charge in [-0.1, -0.05) is 32.9 Å². The van der Waals surface area contributed by atoms with Gasteiger partial charge in [0.25, 0.3) is 0 Å². The van der Waals surface area contributed by atoms with Gasteiger partial charge in [0.1, 0.15) is 5.52 Å². The van der Waals surface area contributed by atoms with Gasteiger partial charge in [-0.2, -0.15) is 0 Å². The molecule has 4 rings (SSSR count). The van der Waals surface area contributed by atoms with Gasteiger partial charge in [0.05, 0.1) is 5.69 Å². The summed E-state index contributed by atoms with van der Waals surface area (Å²) < 4.78 is 5.79. The number of aromatic nitrogens is 1. The molecular formula is C23H25N3O3S. The van der Waals surface area contributed by atoms with Crippen LogP contribution in [0.25, 0.3) is 11.1 Å². The Hall–Kier alpha value is -2.80. The van der Waals surface area contributed by atoms with E-state index in [1.165, 1.54) is 0 Å². The van der Waals surface area contributed by atoms with Crippen molar-refractivity contribution in [1.82, 2.24) is 4.98 Å². The second-order valence-corrected chi connectivity index (χ2v) is 9.50. The Kier molecular flexibility index (Phi) is 5.56. The number of nitrogens with one attached hydrogen (secondary N) is 1. The summed E-state index contributed by atoms with van der Waals surface area (Å²) >= 11 is 1.75. The number of carbonyl (C=O) groups excluding carboxylic acids is 2. The van der Waals surface area contributed by atoms with Crippen molar-refractivity contribution >= 4 is 46.1 Å². The van der Waals surface area contributed by atoms with Crippen molar-refractivity contribution in [2.24, 2.45) is 0 Å². The molecule has 0 unspecified atom stereocenters. The van der Waals surface area contributed by atoms with Gasteiger partial charge in [0.15, 0.2) is 5.58 Å². The highest BCUT2D eigenvalue weighted by Crippen LogP contribution is 2.34. The fraction of sp³-hybridized carbons (Fsp3) is 0.348. The molecule has 7 heteroatoms. The van der Waals surface area contributed by atoms with Crippen molar-refractivity contribution in [3.8, 4) is 0 Å². The summed E-state index contributed by atoms with van der Waals surface area (Å²) in [6, 6.07) is 13.3. The number of amides is 2. The van der Waals surface area contributed by atoms with Crippen LogP contribution in [0.3, 0.4) is 0 Å². The summed E-state index contributed by atoms with van der Waals surface area (Å²) in [5.74, 6) is 1.30. The number of benzene rings is 2. The number of carbonyl (C=O) groups is 2. The van der Waals surface area contributed by atoms with Crippen molar-refractivity contribution in [2.75, 3.05) is 22.5 Å². The van der Waals surface area contributed by atoms with E-state index in [2.05, 4.69) is 10.3 Å². The van der Waals surface area contributed by atoms with Crippen molar-refractivity contribution in [3.63, 3.8) is 0 Å². The van der Waals surface area contributed by atoms with Crippen LogP contribution < -0.4 is 10.2 Å². The topological polar surface area (TPSA) is 75.4 Å². The molecule has 6 nitrogen and oxygen atoms in total. The minimum absolute atomic E-state index is 0.0281. The molecule has 0 spiro atoms. The lowest BCUT2D eigenvalue weighted by Gasteiger charge is -2.29. The molecule has 1 aliphatic rings. The first-order valence-electron chi connectivity index (χ1n) is 10.0. The van der Waals surface area contributed by atoms with Crippen LogP contribution in [0.4, 0.5) is 11.4 Å². The largest absolute Gasteiger partial charge is 0.440 e. The molecule has 0 fully saturated rings. The first-order valence-corrected chi connectivity index (χ1v) is 11.0. The zero-order valence-electron chi connectivity index (χ0n) is 17.4. The lowest BCUT2D eigenvalue weighted by molar-refractivity contribution is -0.122. The first kappa shape index (κ1) is 20.5. The van der Waals surface area contributed by atoms with E-state index in [9.17, 15) is 9.59 Å². The standard InChI is InChI=1S/C23H25N3O3S/c1-23(2,3)22-25-16-14-15(8-9-18(16)29-22)24-20(27)10-11-21(28)26-12-13-30-19-7-5-4-6-17(19)26/h4-9,14H,10-13H2,1-3H3,(H,24,27). The minimum Gasteiger partial charge on any atom is -0.440 e. The molecule has 0 saturated carbocycles. The van der Waals surface area contributed by atoms with E-state index in [0.29, 0.717) is 29.2 Å². The Labute approximate surface area is 180 Å². The molecule has 2 amide bonds. The number of para-hydroxylation sites is 1. The molecule has 0 radical (unpaired) electrons. The predicted molar refractivity (Wildman–Crippen MR) is 120 cm³/mol. The summed E-state index contributed by atoms with van der Waals surface area (Å²) in [4.78, 5) is 32.5. The molecule has 0 atom stereocenters. The summed E-state index contributed by atoms with van der Waals surface area (Å²) in [5, 5.41) is 2.86. The maximum atomic E-state index is 12.7. The molecule has 156 valence electrons. The van der Waals surface area contributed by atoms with Gasteiger partial charge in [0.2, 0.25) is 17.7 Å². The van der Waals surface area contributed by atoms with Crippen LogP contribution >= 0.6 is 11.8 Å². The first-order chi connectivity index (χ1) is 14.3. The second kappa shape index (κ2) is 8.14. The van der Waals surface area contributed by atoms with E-state index < -0.39 is 0 Å². The smallest absolute Gasteiger partial charge is 0.227 e. The van der Waals surface area contributed by atoms with Gasteiger partial charge in [-0.3, -0.25) is 9.59 Å². The average molecular weight is 424 g/mol. The van der Waals surface area contributed by atoms with Gasteiger partial charge in [-0.05, 0) is 30.3 Å². The zero-order valence-corrected chi connectivity index (χ0v) is 18.2. The van der Waals surface area contributed by atoms with Crippen molar-refractivity contribution in [3.05, 3.63) is 48.4 Å². The van der Waals surface area contributed by atoms with Crippen LogP contribution in [0.2, 0.25) is 0 Å². The fourth-order valence-electron chi connectivity index (χ4n) is 3.33. The fourth-order valence-corrected chi connectivity index (χ4v) is 4.33. The molecule has 2 aromatic carbocycles. The molecule has 0 bridgehead atoms. The van der Waals surface area contributed by atoms with Gasteiger partial charge < -0.3 is 14.6 Å². The second-order valence-electron chi connectivity index (χ2n) is 8.36. The van der Waals surface area contributed by atoms with E-state index in [4.69, 9.17) is 4.42 Å². The Morgan fingerprint density at radius 2 is 1.97 bits per heavy atom. The molecule has 1 aromatic heterocycles. The number of oxazole rings is 1. The van der Waals surface area contributed by atoms with E-state index in [0.717, 1.165) is 16.3 Å². The number of fused-ring (bicyclic) bond motifs is 2. The van der Waals surface area contributed by atoms with Gasteiger partial charge >= 0.3 is 0 Å². The number of nitrogens with zero attached hydrogens (tertiary/aromatic N) is 2. The van der Waals surface area contributed by atoms with E-state index in [-0.39, 0.29) is 30.1 Å². The van der Waals surface area contributed by atoms with Crippen LogP contribution in [0.15, 0.2) is 51.8 Å². The van der Waals surface area contributed by atoms with Gasteiger partial charge in [0, 0.05) is 41.1 Å². The maximum absolute atomic E-state index is 12.7. The Morgan fingerprint density at radius 3 is 2.77 bits per heavy atom. The van der Waals surface area contributed by atoms with Crippen LogP contribution in [0, 0.1) is 0 Å². The Bertz CT molecular complexity index is 1100. The highest BCUT2D eigenvalue weighted by Gasteiger charge is 2.23. The highest BCUT2D eigenvalue weighted by atomic mass is 32.2. The number of rotatable bonds is 4. The zero-order chi connectivity index (χ0) is 21.3. The molecule has 30 heavy (non-hydrogen) atoms. The molecule has 0 aliphatic carbocycles. The molecule has 0 saturated heterocycles. The third-order valence-corrected chi connectivity index (χ3v) is 5.95. The Balaban J connectivity index is 1.38. The lowest BCUT2D eigenvalue weighted by Crippen LogP contribution is -2.35. The summed E-state index contributed by atoms with van der Waals surface area (Å²) in [7, 11) is 0. The maximum Gasteiger partial charge on any atom is 0.227 e. The number of hydrogen-bond acceptors (Lipinski definition) is 5. The quantitative estimate of drug-likeness (QED) is 0.640. The Morgan fingerprint density at radius 1 is 1.17 bits per heavy atom. The normalized spacial score (nSPS) is 13.9. The third-order valence-electron chi connectivity index (χ3n) is 4.91. The molecular weight excluding hydrogens is 398 g/mol. The molecule has 3 aromatic rings. The van der Waals surface area contributed by atoms with E-state index >= 15 is 0 Å². The molecule has 1 N–H and O–H groups in total. The summed E-state index contributed by atoms with van der Waals surface area (Å²) in [6.45, 7) is 6.78. The van der Waals surface area contributed by atoms with E-state index in [1.807, 2.05) is 45.0 Å². The number of hydrogen-bond donors (Lipinski definition) is 1. The van der Waals surface area contributed by atoms with Crippen molar-refractivity contribution in [1.29, 1.82) is 0 Å². The van der Waals surface area contributed by atoms with E-state index in [1.54, 1.807) is 34.9 Å². The van der Waals surface area contributed by atoms with Crippen LogP contribution in [0.5, 0.6) is 0 Å².